The first-order valence-corrected chi connectivity index (χ1v) is 11.1. The topological polar surface area (TPSA) is 68.5 Å². The molecular formula is C26H23ClN6. The number of nitrogens with zero attached hydrogens (tertiary/aromatic N) is 5. The third-order valence-corrected chi connectivity index (χ3v) is 5.75. The van der Waals surface area contributed by atoms with Crippen molar-refractivity contribution in [3.63, 3.8) is 0 Å². The number of benzene rings is 2. The van der Waals surface area contributed by atoms with Crippen LogP contribution >= 0.6 is 11.6 Å². The first-order chi connectivity index (χ1) is 16.0. The van der Waals surface area contributed by atoms with Crippen LogP contribution in [0.15, 0.2) is 66.7 Å². The quantitative estimate of drug-likeness (QED) is 0.346. The summed E-state index contributed by atoms with van der Waals surface area (Å²) in [7, 11) is 0. The van der Waals surface area contributed by atoms with E-state index < -0.39 is 0 Å². The maximum atomic E-state index is 6.07. The second kappa shape index (κ2) is 8.64. The number of nitrogens with one attached hydrogen (secondary N) is 1. The lowest BCUT2D eigenvalue weighted by atomic mass is 10.0. The molecule has 0 radical (unpaired) electrons. The van der Waals surface area contributed by atoms with Crippen molar-refractivity contribution >= 4 is 34.1 Å². The van der Waals surface area contributed by atoms with Crippen LogP contribution in [0.5, 0.6) is 0 Å². The van der Waals surface area contributed by atoms with Crippen LogP contribution in [0.3, 0.4) is 0 Å². The Morgan fingerprint density at radius 2 is 1.67 bits per heavy atom. The van der Waals surface area contributed by atoms with Crippen LogP contribution in [-0.4, -0.2) is 24.7 Å². The molecule has 0 spiro atoms. The Labute approximate surface area is 197 Å². The molecule has 0 aliphatic rings. The van der Waals surface area contributed by atoms with Crippen molar-refractivity contribution in [2.75, 3.05) is 5.32 Å². The predicted molar refractivity (Wildman–Crippen MR) is 133 cm³/mol. The van der Waals surface area contributed by atoms with Gasteiger partial charge in [0.2, 0.25) is 0 Å². The van der Waals surface area contributed by atoms with Crippen LogP contribution in [0.4, 0.5) is 11.6 Å². The molecule has 6 nitrogen and oxygen atoms in total. The van der Waals surface area contributed by atoms with Crippen molar-refractivity contribution in [3.8, 4) is 5.82 Å². The minimum absolute atomic E-state index is 0.687. The monoisotopic (exact) mass is 454 g/mol. The smallest absolute Gasteiger partial charge is 0.156 e. The van der Waals surface area contributed by atoms with Crippen molar-refractivity contribution < 1.29 is 0 Å². The number of anilines is 2. The molecule has 0 saturated heterocycles. The van der Waals surface area contributed by atoms with Crippen LogP contribution in [0.25, 0.3) is 16.7 Å². The van der Waals surface area contributed by atoms with Gasteiger partial charge in [-0.05, 0) is 56.7 Å². The van der Waals surface area contributed by atoms with Gasteiger partial charge in [0.1, 0.15) is 17.5 Å². The maximum Gasteiger partial charge on any atom is 0.156 e. The highest BCUT2D eigenvalue weighted by Gasteiger charge is 2.16. The summed E-state index contributed by atoms with van der Waals surface area (Å²) in [5.41, 5.74) is 4.91. The highest BCUT2D eigenvalue weighted by molar-refractivity contribution is 6.30. The molecule has 5 aromatic rings. The Kier molecular flexibility index (Phi) is 5.52. The van der Waals surface area contributed by atoms with E-state index in [-0.39, 0.29) is 0 Å². The van der Waals surface area contributed by atoms with E-state index in [9.17, 15) is 0 Å². The Morgan fingerprint density at radius 1 is 0.879 bits per heavy atom. The van der Waals surface area contributed by atoms with Gasteiger partial charge in [0.05, 0.1) is 11.2 Å². The van der Waals surface area contributed by atoms with E-state index in [1.54, 1.807) is 0 Å². The first kappa shape index (κ1) is 21.1. The van der Waals surface area contributed by atoms with Crippen LogP contribution in [-0.2, 0) is 6.42 Å². The van der Waals surface area contributed by atoms with Gasteiger partial charge in [-0.25, -0.2) is 15.0 Å². The molecule has 0 atom stereocenters. The van der Waals surface area contributed by atoms with Gasteiger partial charge in [-0.1, -0.05) is 41.9 Å². The molecule has 0 amide bonds. The van der Waals surface area contributed by atoms with Gasteiger partial charge in [-0.3, -0.25) is 0 Å². The van der Waals surface area contributed by atoms with E-state index in [2.05, 4.69) is 27.5 Å². The Bertz CT molecular complexity index is 1460. The fourth-order valence-electron chi connectivity index (χ4n) is 3.91. The van der Waals surface area contributed by atoms with Crippen LogP contribution in [0.1, 0.15) is 28.3 Å². The van der Waals surface area contributed by atoms with Crippen LogP contribution in [0, 0.1) is 20.8 Å². The number of aryl methyl sites for hydroxylation is 3. The van der Waals surface area contributed by atoms with Gasteiger partial charge in [-0.2, -0.15) is 9.78 Å². The molecule has 33 heavy (non-hydrogen) atoms. The largest absolute Gasteiger partial charge is 0.324 e. The molecule has 0 aliphatic carbocycles. The second-order valence-electron chi connectivity index (χ2n) is 8.06. The molecule has 164 valence electrons. The van der Waals surface area contributed by atoms with E-state index in [0.29, 0.717) is 12.2 Å². The van der Waals surface area contributed by atoms with Gasteiger partial charge < -0.3 is 5.32 Å². The molecule has 0 unspecified atom stereocenters. The number of fused-ring (bicyclic) bond motifs is 1. The fourth-order valence-corrected chi connectivity index (χ4v) is 4.04. The molecule has 0 aliphatic heterocycles. The first-order valence-electron chi connectivity index (χ1n) is 10.7. The summed E-state index contributed by atoms with van der Waals surface area (Å²) in [6.07, 6.45) is 0.687. The van der Waals surface area contributed by atoms with Gasteiger partial charge in [0.15, 0.2) is 5.82 Å². The number of para-hydroxylation sites is 1. The molecule has 3 heterocycles. The zero-order valence-electron chi connectivity index (χ0n) is 18.7. The minimum atomic E-state index is 0.687. The van der Waals surface area contributed by atoms with E-state index in [4.69, 9.17) is 21.6 Å². The van der Waals surface area contributed by atoms with E-state index in [1.807, 2.05) is 80.1 Å². The summed E-state index contributed by atoms with van der Waals surface area (Å²) in [5, 5.41) is 10.00. The summed E-state index contributed by atoms with van der Waals surface area (Å²) in [4.78, 5) is 14.1. The second-order valence-corrected chi connectivity index (χ2v) is 8.49. The minimum Gasteiger partial charge on any atom is -0.324 e. The van der Waals surface area contributed by atoms with E-state index >= 15 is 0 Å². The maximum absolute atomic E-state index is 6.07. The highest BCUT2D eigenvalue weighted by Crippen LogP contribution is 2.27. The highest BCUT2D eigenvalue weighted by atomic mass is 35.5. The van der Waals surface area contributed by atoms with E-state index in [0.717, 1.165) is 55.9 Å². The van der Waals surface area contributed by atoms with Crippen molar-refractivity contribution in [2.24, 2.45) is 0 Å². The lowest BCUT2D eigenvalue weighted by molar-refractivity contribution is 0.842. The van der Waals surface area contributed by atoms with Gasteiger partial charge in [-0.15, -0.1) is 0 Å². The number of aromatic nitrogens is 5. The molecule has 1 N–H and O–H groups in total. The summed E-state index contributed by atoms with van der Waals surface area (Å²) < 4.78 is 1.82. The lowest BCUT2D eigenvalue weighted by Gasteiger charge is -2.15. The van der Waals surface area contributed by atoms with Crippen molar-refractivity contribution in [3.05, 3.63) is 100 Å². The average molecular weight is 455 g/mol. The summed E-state index contributed by atoms with van der Waals surface area (Å²) in [5.74, 6) is 3.01. The predicted octanol–water partition coefficient (Wildman–Crippen LogP) is 6.12. The molecule has 5 rings (SSSR count). The average Bonchev–Trinajstić information content (AvgIpc) is 3.17. The van der Waals surface area contributed by atoms with Gasteiger partial charge in [0.25, 0.3) is 0 Å². The Balaban J connectivity index is 1.55. The van der Waals surface area contributed by atoms with Crippen molar-refractivity contribution in [1.82, 2.24) is 24.7 Å². The number of pyridine rings is 1. The molecule has 3 aromatic heterocycles. The Hall–Kier alpha value is -3.77. The molecule has 2 aromatic carbocycles. The third-order valence-electron chi connectivity index (χ3n) is 5.50. The number of hydrogen-bond donors (Lipinski definition) is 1. The lowest BCUT2D eigenvalue weighted by Crippen LogP contribution is -2.10. The van der Waals surface area contributed by atoms with Crippen molar-refractivity contribution in [2.45, 2.75) is 27.2 Å². The van der Waals surface area contributed by atoms with Crippen LogP contribution < -0.4 is 5.32 Å². The summed E-state index contributed by atoms with van der Waals surface area (Å²) in [6, 6.07) is 21.9. The van der Waals surface area contributed by atoms with Gasteiger partial charge in [0, 0.05) is 34.2 Å². The number of rotatable bonds is 5. The molecule has 0 fully saturated rings. The SMILES string of the molecule is Cc1cc(Nc2nc(C)nc(C)c2Cc2ccc(Cl)cc2)n(-c2ccc3ccccc3n2)n1. The zero-order valence-corrected chi connectivity index (χ0v) is 19.4. The Morgan fingerprint density at radius 3 is 2.48 bits per heavy atom. The molecule has 7 heteroatoms. The number of hydrogen-bond acceptors (Lipinski definition) is 5. The molecular weight excluding hydrogens is 432 g/mol. The third kappa shape index (κ3) is 4.43. The molecule has 0 saturated carbocycles. The standard InChI is InChI=1S/C26H23ClN6/c1-16-14-25(33(32-16)24-13-10-20-6-4-5-7-23(20)30-24)31-26-22(17(2)28-18(3)29-26)15-19-8-11-21(27)12-9-19/h4-14H,15H2,1-3H3,(H,28,29,31). The fraction of sp³-hybridized carbons (Fsp3) is 0.154. The summed E-state index contributed by atoms with van der Waals surface area (Å²) >= 11 is 6.07. The normalized spacial score (nSPS) is 11.2. The zero-order chi connectivity index (χ0) is 22.9. The van der Waals surface area contributed by atoms with Gasteiger partial charge >= 0.3 is 0 Å². The van der Waals surface area contributed by atoms with E-state index in [1.165, 1.54) is 0 Å². The molecule has 0 bridgehead atoms. The van der Waals surface area contributed by atoms with Crippen LogP contribution in [0.2, 0.25) is 5.02 Å². The summed E-state index contributed by atoms with van der Waals surface area (Å²) in [6.45, 7) is 5.88. The van der Waals surface area contributed by atoms with Crippen molar-refractivity contribution in [1.29, 1.82) is 0 Å². The number of halogens is 1.